The maximum absolute atomic E-state index is 12.4. The molecule has 1 fully saturated rings. The van der Waals surface area contributed by atoms with Crippen LogP contribution >= 0.6 is 0 Å². The Hall–Kier alpha value is -2.14. The molecule has 1 N–H and O–H groups in total. The standard InChI is InChI=1S/C25H33NO3S/c1-19(2)30(28,29)18-22-12-10-20(11-13-22)8-9-21-14-16-24(17-15-21)26-25(27)23-6-4-3-5-7-23/h10-17,19,23H,3-9,18H2,1-2H3,(H,26,27). The largest absolute Gasteiger partial charge is 0.326 e. The molecule has 0 atom stereocenters. The van der Waals surface area contributed by atoms with Crippen LogP contribution in [0.1, 0.15) is 62.6 Å². The van der Waals surface area contributed by atoms with Crippen LogP contribution in [-0.2, 0) is 33.2 Å². The van der Waals surface area contributed by atoms with Crippen LogP contribution in [0.3, 0.4) is 0 Å². The van der Waals surface area contributed by atoms with Gasteiger partial charge < -0.3 is 5.32 Å². The fraction of sp³-hybridized carbons (Fsp3) is 0.480. The van der Waals surface area contributed by atoms with E-state index < -0.39 is 9.84 Å². The summed E-state index contributed by atoms with van der Waals surface area (Å²) in [6.45, 7) is 3.44. The summed E-state index contributed by atoms with van der Waals surface area (Å²) >= 11 is 0. The molecule has 1 aliphatic rings. The van der Waals surface area contributed by atoms with E-state index in [2.05, 4.69) is 17.4 Å². The van der Waals surface area contributed by atoms with E-state index in [-0.39, 0.29) is 22.8 Å². The lowest BCUT2D eigenvalue weighted by atomic mass is 9.88. The highest BCUT2D eigenvalue weighted by Crippen LogP contribution is 2.25. The summed E-state index contributed by atoms with van der Waals surface area (Å²) in [5, 5.41) is 2.70. The molecule has 30 heavy (non-hydrogen) atoms. The molecule has 0 bridgehead atoms. The highest BCUT2D eigenvalue weighted by atomic mass is 32.2. The quantitative estimate of drug-likeness (QED) is 0.621. The molecule has 5 heteroatoms. The Kier molecular flexibility index (Phi) is 7.70. The number of aryl methyl sites for hydroxylation is 2. The van der Waals surface area contributed by atoms with Crippen molar-refractivity contribution in [3.8, 4) is 0 Å². The molecule has 0 radical (unpaired) electrons. The van der Waals surface area contributed by atoms with E-state index in [1.165, 1.54) is 17.5 Å². The first kappa shape index (κ1) is 22.5. The summed E-state index contributed by atoms with van der Waals surface area (Å²) in [5.74, 6) is 0.415. The van der Waals surface area contributed by atoms with E-state index >= 15 is 0 Å². The Bertz CT molecular complexity index is 925. The van der Waals surface area contributed by atoms with E-state index in [1.54, 1.807) is 13.8 Å². The lowest BCUT2D eigenvalue weighted by molar-refractivity contribution is -0.120. The zero-order chi connectivity index (χ0) is 21.6. The minimum Gasteiger partial charge on any atom is -0.326 e. The lowest BCUT2D eigenvalue weighted by Crippen LogP contribution is -2.24. The maximum Gasteiger partial charge on any atom is 0.227 e. The van der Waals surface area contributed by atoms with E-state index in [4.69, 9.17) is 0 Å². The van der Waals surface area contributed by atoms with Crippen LogP contribution < -0.4 is 5.32 Å². The van der Waals surface area contributed by atoms with Crippen LogP contribution in [0.4, 0.5) is 5.69 Å². The average Bonchev–Trinajstić information content (AvgIpc) is 2.74. The number of amides is 1. The van der Waals surface area contributed by atoms with Crippen molar-refractivity contribution in [2.24, 2.45) is 5.92 Å². The third kappa shape index (κ3) is 6.43. The maximum atomic E-state index is 12.4. The fourth-order valence-corrected chi connectivity index (χ4v) is 4.84. The summed E-state index contributed by atoms with van der Waals surface area (Å²) in [7, 11) is -3.07. The smallest absolute Gasteiger partial charge is 0.227 e. The third-order valence-corrected chi connectivity index (χ3v) is 8.18. The van der Waals surface area contributed by atoms with Gasteiger partial charge in [0.25, 0.3) is 0 Å². The van der Waals surface area contributed by atoms with Crippen LogP contribution in [0, 0.1) is 5.92 Å². The Labute approximate surface area is 181 Å². The highest BCUT2D eigenvalue weighted by molar-refractivity contribution is 7.91. The second kappa shape index (κ2) is 10.3. The summed E-state index contributed by atoms with van der Waals surface area (Å²) in [6, 6.07) is 16.0. The topological polar surface area (TPSA) is 63.2 Å². The second-order valence-corrected chi connectivity index (χ2v) is 11.3. The molecule has 0 saturated heterocycles. The van der Waals surface area contributed by atoms with Crippen LogP contribution in [0.5, 0.6) is 0 Å². The van der Waals surface area contributed by atoms with Gasteiger partial charge in [0.1, 0.15) is 0 Å². The van der Waals surface area contributed by atoms with Crippen LogP contribution in [-0.4, -0.2) is 19.6 Å². The van der Waals surface area contributed by atoms with Crippen LogP contribution in [0.15, 0.2) is 48.5 Å². The molecule has 0 unspecified atom stereocenters. The number of hydrogen-bond acceptors (Lipinski definition) is 3. The molecule has 2 aromatic rings. The predicted molar refractivity (Wildman–Crippen MR) is 123 cm³/mol. The van der Waals surface area contributed by atoms with Gasteiger partial charge in [-0.1, -0.05) is 55.7 Å². The van der Waals surface area contributed by atoms with Gasteiger partial charge in [0, 0.05) is 11.6 Å². The number of carbonyl (C=O) groups excluding carboxylic acids is 1. The Morgan fingerprint density at radius 1 is 0.867 bits per heavy atom. The Morgan fingerprint density at radius 2 is 1.37 bits per heavy atom. The lowest BCUT2D eigenvalue weighted by Gasteiger charge is -2.20. The van der Waals surface area contributed by atoms with Gasteiger partial charge in [0.2, 0.25) is 5.91 Å². The molecule has 0 aliphatic heterocycles. The number of anilines is 1. The second-order valence-electron chi connectivity index (χ2n) is 8.69. The van der Waals surface area contributed by atoms with Gasteiger partial charge in [-0.05, 0) is 68.4 Å². The Balaban J connectivity index is 1.49. The van der Waals surface area contributed by atoms with E-state index in [0.29, 0.717) is 0 Å². The van der Waals surface area contributed by atoms with Gasteiger partial charge in [0.15, 0.2) is 9.84 Å². The minimum atomic E-state index is -3.07. The molecule has 3 rings (SSSR count). The molecule has 162 valence electrons. The van der Waals surface area contributed by atoms with Gasteiger partial charge in [-0.3, -0.25) is 4.79 Å². The van der Waals surface area contributed by atoms with E-state index in [1.807, 2.05) is 36.4 Å². The number of sulfone groups is 1. The number of benzene rings is 2. The first-order valence-corrected chi connectivity index (χ1v) is 12.7. The molecular formula is C25H33NO3S. The van der Waals surface area contributed by atoms with Crippen molar-refractivity contribution in [3.05, 3.63) is 65.2 Å². The van der Waals surface area contributed by atoms with Crippen LogP contribution in [0.25, 0.3) is 0 Å². The number of rotatable bonds is 8. The predicted octanol–water partition coefficient (Wildman–Crippen LogP) is 5.31. The molecular weight excluding hydrogens is 394 g/mol. The first-order valence-electron chi connectivity index (χ1n) is 11.0. The van der Waals surface area contributed by atoms with Crippen LogP contribution in [0.2, 0.25) is 0 Å². The monoisotopic (exact) mass is 427 g/mol. The van der Waals surface area contributed by atoms with Crippen molar-refractivity contribution in [2.45, 2.75) is 69.8 Å². The number of carbonyl (C=O) groups is 1. The first-order chi connectivity index (χ1) is 14.3. The van der Waals surface area contributed by atoms with Gasteiger partial charge in [0.05, 0.1) is 11.0 Å². The van der Waals surface area contributed by atoms with Crippen molar-refractivity contribution in [1.82, 2.24) is 0 Å². The molecule has 0 spiro atoms. The molecule has 2 aromatic carbocycles. The van der Waals surface area contributed by atoms with Gasteiger partial charge in [-0.25, -0.2) is 8.42 Å². The van der Waals surface area contributed by atoms with Crippen molar-refractivity contribution in [3.63, 3.8) is 0 Å². The van der Waals surface area contributed by atoms with Gasteiger partial charge in [-0.15, -0.1) is 0 Å². The summed E-state index contributed by atoms with van der Waals surface area (Å²) < 4.78 is 24.1. The van der Waals surface area contributed by atoms with E-state index in [0.717, 1.165) is 49.8 Å². The molecule has 0 aromatic heterocycles. The number of nitrogens with one attached hydrogen (secondary N) is 1. The van der Waals surface area contributed by atoms with Gasteiger partial charge in [-0.2, -0.15) is 0 Å². The average molecular weight is 428 g/mol. The van der Waals surface area contributed by atoms with Crippen molar-refractivity contribution >= 4 is 21.4 Å². The summed E-state index contributed by atoms with van der Waals surface area (Å²) in [6.07, 6.45) is 7.37. The van der Waals surface area contributed by atoms with Crippen molar-refractivity contribution < 1.29 is 13.2 Å². The minimum absolute atomic E-state index is 0.0962. The van der Waals surface area contributed by atoms with Crippen molar-refractivity contribution in [1.29, 1.82) is 0 Å². The SMILES string of the molecule is CC(C)S(=O)(=O)Cc1ccc(CCc2ccc(NC(=O)C3CCCCC3)cc2)cc1. The van der Waals surface area contributed by atoms with Crippen molar-refractivity contribution in [2.75, 3.05) is 5.32 Å². The Morgan fingerprint density at radius 3 is 1.90 bits per heavy atom. The normalized spacial score (nSPS) is 15.3. The number of hydrogen-bond donors (Lipinski definition) is 1. The zero-order valence-corrected chi connectivity index (χ0v) is 18.9. The zero-order valence-electron chi connectivity index (χ0n) is 18.1. The van der Waals surface area contributed by atoms with E-state index in [9.17, 15) is 13.2 Å². The molecule has 0 heterocycles. The molecule has 1 aliphatic carbocycles. The summed E-state index contributed by atoms with van der Waals surface area (Å²) in [4.78, 5) is 12.4. The molecule has 1 saturated carbocycles. The molecule has 1 amide bonds. The van der Waals surface area contributed by atoms with Gasteiger partial charge >= 0.3 is 0 Å². The molecule has 4 nitrogen and oxygen atoms in total. The highest BCUT2D eigenvalue weighted by Gasteiger charge is 2.21. The fourth-order valence-electron chi connectivity index (χ4n) is 3.85. The third-order valence-electron chi connectivity index (χ3n) is 6.01. The summed E-state index contributed by atoms with van der Waals surface area (Å²) in [5.41, 5.74) is 4.11.